The molecule has 0 aromatic rings. The summed E-state index contributed by atoms with van der Waals surface area (Å²) in [6.45, 7) is 0.935. The van der Waals surface area contributed by atoms with Gasteiger partial charge in [0, 0.05) is 31.1 Å². The van der Waals surface area contributed by atoms with Crippen LogP contribution in [0, 0.1) is 37.7 Å². The van der Waals surface area contributed by atoms with E-state index >= 15 is 0 Å². The van der Waals surface area contributed by atoms with Crippen LogP contribution in [0.3, 0.4) is 0 Å². The van der Waals surface area contributed by atoms with E-state index in [1.54, 1.807) is 0 Å². The van der Waals surface area contributed by atoms with Crippen molar-refractivity contribution in [3.05, 3.63) is 6.61 Å². The molecular formula is C5H7O6PU-2. The van der Waals surface area contributed by atoms with Gasteiger partial charge in [-0.1, -0.05) is 0 Å². The summed E-state index contributed by atoms with van der Waals surface area (Å²) < 4.78 is 24.6. The van der Waals surface area contributed by atoms with E-state index in [0.717, 1.165) is 0 Å². The van der Waals surface area contributed by atoms with Crippen molar-refractivity contribution in [2.75, 3.05) is 6.61 Å². The van der Waals surface area contributed by atoms with Crippen LogP contribution in [-0.4, -0.2) is 30.0 Å². The summed E-state index contributed by atoms with van der Waals surface area (Å²) in [5, 5.41) is 8.71. The third kappa shape index (κ3) is 2.36. The Morgan fingerprint density at radius 2 is 2.23 bits per heavy atom. The van der Waals surface area contributed by atoms with E-state index < -0.39 is 26.1 Å². The van der Waals surface area contributed by atoms with Gasteiger partial charge in [0.05, 0.1) is 18.8 Å². The molecule has 0 aliphatic carbocycles. The molecule has 2 rings (SSSR count). The number of aliphatic hydroxyl groups excluding tert-OH is 1. The number of hydrogen-bond donors (Lipinski definition) is 1. The normalized spacial score (nSPS) is 48.6. The molecule has 2 fully saturated rings. The molecule has 2 heterocycles. The smallest absolute Gasteiger partial charge is 0.266 e. The molecule has 2 saturated heterocycles. The number of aliphatic hydroxyl groups is 1. The minimum absolute atomic E-state index is 0. The zero-order valence-corrected chi connectivity index (χ0v) is 11.5. The van der Waals surface area contributed by atoms with Crippen LogP contribution < -0.4 is 4.89 Å². The van der Waals surface area contributed by atoms with Crippen molar-refractivity contribution in [1.82, 2.24) is 0 Å². The maximum Gasteiger partial charge on any atom is 0.266 e. The molecule has 0 aromatic heterocycles. The monoisotopic (exact) mass is 432 g/mol. The number of rotatable bonds is 1. The average Bonchev–Trinajstić information content (AvgIpc) is 2.42. The van der Waals surface area contributed by atoms with Crippen LogP contribution in [0.25, 0.3) is 0 Å². The Bertz CT molecular complexity index is 235. The van der Waals surface area contributed by atoms with Gasteiger partial charge in [-0.05, 0) is 6.10 Å². The maximum absolute atomic E-state index is 10.7. The Morgan fingerprint density at radius 1 is 1.54 bits per heavy atom. The third-order valence-corrected chi connectivity index (χ3v) is 2.76. The molecule has 0 spiro atoms. The van der Waals surface area contributed by atoms with Gasteiger partial charge in [-0.15, -0.1) is 0 Å². The van der Waals surface area contributed by atoms with Crippen molar-refractivity contribution in [2.45, 2.75) is 18.3 Å². The molecular weight excluding hydrogens is 425 g/mol. The summed E-state index contributed by atoms with van der Waals surface area (Å²) in [5.74, 6) is 0. The quantitative estimate of drug-likeness (QED) is 0.414. The molecule has 2 aliphatic rings. The van der Waals surface area contributed by atoms with Gasteiger partial charge in [-0.25, -0.2) is 0 Å². The molecule has 0 bridgehead atoms. The van der Waals surface area contributed by atoms with Crippen LogP contribution in [0.4, 0.5) is 0 Å². The summed E-state index contributed by atoms with van der Waals surface area (Å²) in [6.07, 6.45) is -2.07. The molecule has 4 atom stereocenters. The second-order valence-electron chi connectivity index (χ2n) is 2.58. The minimum atomic E-state index is -4.14. The number of ether oxygens (including phenoxy) is 1. The summed E-state index contributed by atoms with van der Waals surface area (Å²) in [7, 11) is -4.14. The molecule has 0 saturated carbocycles. The Labute approximate surface area is 98.5 Å². The molecule has 8 heteroatoms. The molecule has 0 aromatic carbocycles. The van der Waals surface area contributed by atoms with Gasteiger partial charge in [0.1, 0.15) is 0 Å². The predicted molar refractivity (Wildman–Crippen MR) is 33.6 cm³/mol. The molecule has 6 nitrogen and oxygen atoms in total. The topological polar surface area (TPSA) is 88.1 Å². The van der Waals surface area contributed by atoms with Gasteiger partial charge in [-0.2, -0.15) is 6.61 Å². The first-order chi connectivity index (χ1) is 5.62. The van der Waals surface area contributed by atoms with Crippen molar-refractivity contribution in [1.29, 1.82) is 0 Å². The van der Waals surface area contributed by atoms with Crippen molar-refractivity contribution in [3.63, 3.8) is 0 Å². The van der Waals surface area contributed by atoms with Gasteiger partial charge in [0.2, 0.25) is 0 Å². The van der Waals surface area contributed by atoms with Gasteiger partial charge >= 0.3 is 0 Å². The number of phosphoric ester groups is 1. The number of fused-ring (bicyclic) bond motifs is 1. The second-order valence-corrected chi connectivity index (χ2v) is 3.90. The molecule has 2 unspecified atom stereocenters. The van der Waals surface area contributed by atoms with E-state index in [9.17, 15) is 9.46 Å². The Balaban J connectivity index is 0.000000845. The van der Waals surface area contributed by atoms with Crippen LogP contribution in [-0.2, 0) is 18.3 Å². The Hall–Kier alpha value is 1.08. The van der Waals surface area contributed by atoms with Crippen LogP contribution in [0.1, 0.15) is 0 Å². The largest absolute Gasteiger partial charge is 0.756 e. The molecule has 74 valence electrons. The SMILES string of the molecule is O=P1([O-])OC2[CH-]O[C@H](CO)[C@@H]2O1.[U]. The van der Waals surface area contributed by atoms with Crippen molar-refractivity contribution >= 4 is 7.82 Å². The second kappa shape index (κ2) is 4.30. The number of phosphoric acid groups is 1. The summed E-state index contributed by atoms with van der Waals surface area (Å²) >= 11 is 0. The fourth-order valence-corrected chi connectivity index (χ4v) is 2.30. The van der Waals surface area contributed by atoms with Crippen LogP contribution in [0.5, 0.6) is 0 Å². The van der Waals surface area contributed by atoms with E-state index in [-0.39, 0.29) is 37.7 Å². The Kier molecular flexibility index (Phi) is 4.02. The molecule has 0 radical (unpaired) electrons. The van der Waals surface area contributed by atoms with Crippen LogP contribution in [0.2, 0.25) is 0 Å². The molecule has 2 aliphatic heterocycles. The summed E-state index contributed by atoms with van der Waals surface area (Å²) in [5.41, 5.74) is 0. The fraction of sp³-hybridized carbons (Fsp3) is 0.800. The first-order valence-electron chi connectivity index (χ1n) is 3.40. The number of hydrogen-bond acceptors (Lipinski definition) is 6. The van der Waals surface area contributed by atoms with E-state index in [1.807, 2.05) is 0 Å². The third-order valence-electron chi connectivity index (χ3n) is 1.76. The van der Waals surface area contributed by atoms with Crippen molar-refractivity contribution in [2.24, 2.45) is 0 Å². The summed E-state index contributed by atoms with van der Waals surface area (Å²) in [4.78, 5) is 10.7. The van der Waals surface area contributed by atoms with Gasteiger partial charge in [-0.3, -0.25) is 4.57 Å². The van der Waals surface area contributed by atoms with Crippen LogP contribution >= 0.6 is 7.82 Å². The van der Waals surface area contributed by atoms with Gasteiger partial charge in [0.15, 0.2) is 0 Å². The van der Waals surface area contributed by atoms with E-state index in [0.29, 0.717) is 0 Å². The molecule has 13 heavy (non-hydrogen) atoms. The minimum Gasteiger partial charge on any atom is -0.756 e. The van der Waals surface area contributed by atoms with Gasteiger partial charge in [0.25, 0.3) is 7.82 Å². The maximum atomic E-state index is 10.7. The van der Waals surface area contributed by atoms with E-state index in [1.165, 1.54) is 6.61 Å². The van der Waals surface area contributed by atoms with Gasteiger partial charge < -0.3 is 23.8 Å². The van der Waals surface area contributed by atoms with Crippen molar-refractivity contribution in [3.8, 4) is 0 Å². The van der Waals surface area contributed by atoms with E-state index in [4.69, 9.17) is 9.84 Å². The first-order valence-corrected chi connectivity index (χ1v) is 4.86. The first kappa shape index (κ1) is 12.2. The molecule has 0 amide bonds. The average molecular weight is 432 g/mol. The zero-order valence-electron chi connectivity index (χ0n) is 6.45. The Morgan fingerprint density at radius 3 is 2.85 bits per heavy atom. The standard InChI is InChI=1S/C5H8O6P.U/c6-1-3-5-4(2-9-3)10-12(7,8)11-5;/h2-6H,1H2,(H,7,8);/q-1;/p-1/t3-,4?,5+;/m1./s1. The van der Waals surface area contributed by atoms with Crippen molar-refractivity contribution < 1.29 is 59.5 Å². The summed E-state index contributed by atoms with van der Waals surface area (Å²) in [6, 6.07) is 0. The van der Waals surface area contributed by atoms with Crippen LogP contribution in [0.15, 0.2) is 0 Å². The predicted octanol–water partition coefficient (Wildman–Crippen LogP) is -1.21. The molecule has 1 N–H and O–H groups in total. The zero-order chi connectivity index (χ0) is 8.77. The fourth-order valence-electron chi connectivity index (χ4n) is 1.23. The van der Waals surface area contributed by atoms with E-state index in [2.05, 4.69) is 9.05 Å².